The van der Waals surface area contributed by atoms with Crippen molar-refractivity contribution in [2.24, 2.45) is 5.41 Å². The molecule has 0 aliphatic heterocycles. The molecule has 1 unspecified atom stereocenters. The fraction of sp³-hybridized carbons (Fsp3) is 1.00. The Hall–Kier alpha value is 0.270. The lowest BCUT2D eigenvalue weighted by Gasteiger charge is -2.39. The molecule has 0 saturated heterocycles. The first kappa shape index (κ1) is 18.3. The normalized spacial score (nSPS) is 20.9. The molecule has 0 heterocycles. The van der Waals surface area contributed by atoms with Crippen LogP contribution in [-0.4, -0.2) is 49.6 Å². The van der Waals surface area contributed by atoms with E-state index in [0.717, 1.165) is 6.54 Å². The third kappa shape index (κ3) is 6.36. The van der Waals surface area contributed by atoms with Gasteiger partial charge in [0.25, 0.3) is 0 Å². The molecule has 0 amide bonds. The van der Waals surface area contributed by atoms with Crippen molar-refractivity contribution < 1.29 is 0 Å². The molecule has 1 N–H and O–H groups in total. The van der Waals surface area contributed by atoms with Gasteiger partial charge in [-0.05, 0) is 57.2 Å². The average molecular weight is 301 g/mol. The molecule has 1 fully saturated rings. The first-order valence-electron chi connectivity index (χ1n) is 8.53. The summed E-state index contributed by atoms with van der Waals surface area (Å²) in [4.78, 5) is 2.62. The van der Waals surface area contributed by atoms with Gasteiger partial charge in [-0.15, -0.1) is 0 Å². The first-order valence-corrected chi connectivity index (χ1v) is 9.93. The van der Waals surface area contributed by atoms with E-state index in [9.17, 15) is 0 Å². The zero-order chi connectivity index (χ0) is 14.8. The highest BCUT2D eigenvalue weighted by atomic mass is 32.2. The number of thioether (sulfide) groups is 1. The summed E-state index contributed by atoms with van der Waals surface area (Å²) in [6.45, 7) is 8.22. The van der Waals surface area contributed by atoms with Gasteiger partial charge in [0.15, 0.2) is 0 Å². The molecule has 3 heteroatoms. The maximum Gasteiger partial charge on any atom is 0.00719 e. The van der Waals surface area contributed by atoms with E-state index < -0.39 is 0 Å². The fourth-order valence-electron chi connectivity index (χ4n) is 3.45. The van der Waals surface area contributed by atoms with Crippen molar-refractivity contribution in [3.8, 4) is 0 Å². The van der Waals surface area contributed by atoms with E-state index in [4.69, 9.17) is 0 Å². The Kier molecular flexibility index (Phi) is 9.23. The van der Waals surface area contributed by atoms with Gasteiger partial charge in [-0.2, -0.15) is 11.8 Å². The van der Waals surface area contributed by atoms with E-state index in [-0.39, 0.29) is 0 Å². The maximum absolute atomic E-state index is 3.64. The monoisotopic (exact) mass is 300 g/mol. The van der Waals surface area contributed by atoms with Crippen LogP contribution in [0.3, 0.4) is 0 Å². The zero-order valence-corrected chi connectivity index (χ0v) is 15.0. The molecule has 20 heavy (non-hydrogen) atoms. The van der Waals surface area contributed by atoms with Crippen LogP contribution >= 0.6 is 11.8 Å². The topological polar surface area (TPSA) is 15.3 Å². The molecular formula is C17H36N2S. The summed E-state index contributed by atoms with van der Waals surface area (Å²) in [6, 6.07) is 0.712. The molecule has 120 valence electrons. The van der Waals surface area contributed by atoms with Crippen molar-refractivity contribution in [3.63, 3.8) is 0 Å². The van der Waals surface area contributed by atoms with E-state index in [1.807, 2.05) is 11.8 Å². The van der Waals surface area contributed by atoms with Crippen molar-refractivity contribution in [2.45, 2.75) is 64.8 Å². The quantitative estimate of drug-likeness (QED) is 0.648. The SMILES string of the molecule is CCNCC1(CN(C)C(C)CCSC)CCCCCC1. The highest BCUT2D eigenvalue weighted by Gasteiger charge is 2.32. The van der Waals surface area contributed by atoms with E-state index >= 15 is 0 Å². The van der Waals surface area contributed by atoms with Crippen LogP contribution < -0.4 is 5.32 Å². The summed E-state index contributed by atoms with van der Waals surface area (Å²) >= 11 is 1.97. The van der Waals surface area contributed by atoms with Gasteiger partial charge in [0, 0.05) is 19.1 Å². The fourth-order valence-corrected chi connectivity index (χ4v) is 4.03. The van der Waals surface area contributed by atoms with E-state index in [0.29, 0.717) is 11.5 Å². The predicted octanol–water partition coefficient (Wildman–Crippen LogP) is 4.01. The molecule has 0 radical (unpaired) electrons. The highest BCUT2D eigenvalue weighted by molar-refractivity contribution is 7.98. The van der Waals surface area contributed by atoms with Crippen LogP contribution in [0.25, 0.3) is 0 Å². The summed E-state index contributed by atoms with van der Waals surface area (Å²) in [7, 11) is 2.34. The maximum atomic E-state index is 3.64. The minimum Gasteiger partial charge on any atom is -0.316 e. The second-order valence-corrected chi connectivity index (χ2v) is 7.73. The smallest absolute Gasteiger partial charge is 0.00719 e. The Bertz CT molecular complexity index is 237. The van der Waals surface area contributed by atoms with Crippen molar-refractivity contribution >= 4 is 11.8 Å². The molecule has 0 bridgehead atoms. The van der Waals surface area contributed by atoms with Crippen LogP contribution in [0.4, 0.5) is 0 Å². The molecule has 2 nitrogen and oxygen atoms in total. The highest BCUT2D eigenvalue weighted by Crippen LogP contribution is 2.35. The van der Waals surface area contributed by atoms with Gasteiger partial charge in [0.05, 0.1) is 0 Å². The van der Waals surface area contributed by atoms with Gasteiger partial charge in [0.2, 0.25) is 0 Å². The summed E-state index contributed by atoms with van der Waals surface area (Å²) < 4.78 is 0. The lowest BCUT2D eigenvalue weighted by molar-refractivity contribution is 0.119. The summed E-state index contributed by atoms with van der Waals surface area (Å²) in [5.41, 5.74) is 0.523. The van der Waals surface area contributed by atoms with Crippen LogP contribution in [0, 0.1) is 5.41 Å². The van der Waals surface area contributed by atoms with Crippen LogP contribution in [-0.2, 0) is 0 Å². The molecule has 0 aromatic carbocycles. The summed E-state index contributed by atoms with van der Waals surface area (Å²) in [5.74, 6) is 1.28. The van der Waals surface area contributed by atoms with Crippen molar-refractivity contribution in [3.05, 3.63) is 0 Å². The van der Waals surface area contributed by atoms with Crippen LogP contribution in [0.2, 0.25) is 0 Å². The summed E-state index contributed by atoms with van der Waals surface area (Å²) in [5, 5.41) is 3.64. The third-order valence-corrected chi connectivity index (χ3v) is 5.64. The molecule has 0 aromatic rings. The second-order valence-electron chi connectivity index (χ2n) is 6.74. The average Bonchev–Trinajstić information content (AvgIpc) is 2.68. The Labute approximate surface area is 131 Å². The molecule has 1 rings (SSSR count). The van der Waals surface area contributed by atoms with Gasteiger partial charge < -0.3 is 10.2 Å². The third-order valence-electron chi connectivity index (χ3n) is 4.99. The molecular weight excluding hydrogens is 264 g/mol. The number of rotatable bonds is 9. The lowest BCUT2D eigenvalue weighted by Crippen LogP contribution is -2.45. The van der Waals surface area contributed by atoms with Crippen molar-refractivity contribution in [2.75, 3.05) is 38.7 Å². The predicted molar refractivity (Wildman–Crippen MR) is 93.8 cm³/mol. The van der Waals surface area contributed by atoms with E-state index in [1.54, 1.807) is 0 Å². The van der Waals surface area contributed by atoms with Gasteiger partial charge in [-0.25, -0.2) is 0 Å². The van der Waals surface area contributed by atoms with Gasteiger partial charge >= 0.3 is 0 Å². The summed E-state index contributed by atoms with van der Waals surface area (Å²) in [6.07, 6.45) is 12.1. The van der Waals surface area contributed by atoms with E-state index in [2.05, 4.69) is 37.4 Å². The van der Waals surface area contributed by atoms with Gasteiger partial charge in [-0.3, -0.25) is 0 Å². The number of nitrogens with one attached hydrogen (secondary N) is 1. The standard InChI is InChI=1S/C17H36N2S/c1-5-18-14-17(11-8-6-7-9-12-17)15-19(3)16(2)10-13-20-4/h16,18H,5-15H2,1-4H3. The van der Waals surface area contributed by atoms with Gasteiger partial charge in [-0.1, -0.05) is 32.6 Å². The largest absolute Gasteiger partial charge is 0.316 e. The molecule has 1 atom stereocenters. The Morgan fingerprint density at radius 3 is 2.40 bits per heavy atom. The molecule has 0 aromatic heterocycles. The molecule has 1 saturated carbocycles. The Morgan fingerprint density at radius 1 is 1.20 bits per heavy atom. The van der Waals surface area contributed by atoms with Gasteiger partial charge in [0.1, 0.15) is 0 Å². The Balaban J connectivity index is 2.57. The number of hydrogen-bond acceptors (Lipinski definition) is 3. The molecule has 0 spiro atoms. The lowest BCUT2D eigenvalue weighted by atomic mass is 9.79. The minimum atomic E-state index is 0.523. The second kappa shape index (κ2) is 10.1. The van der Waals surface area contributed by atoms with Crippen LogP contribution in [0.15, 0.2) is 0 Å². The zero-order valence-electron chi connectivity index (χ0n) is 14.2. The van der Waals surface area contributed by atoms with Crippen molar-refractivity contribution in [1.82, 2.24) is 10.2 Å². The number of hydrogen-bond donors (Lipinski definition) is 1. The number of nitrogens with zero attached hydrogens (tertiary/aromatic N) is 1. The first-order chi connectivity index (χ1) is 9.63. The van der Waals surface area contributed by atoms with Crippen LogP contribution in [0.5, 0.6) is 0 Å². The Morgan fingerprint density at radius 2 is 1.85 bits per heavy atom. The molecule has 1 aliphatic rings. The minimum absolute atomic E-state index is 0.523. The molecule has 1 aliphatic carbocycles. The van der Waals surface area contributed by atoms with Crippen LogP contribution in [0.1, 0.15) is 58.8 Å². The van der Waals surface area contributed by atoms with Crippen molar-refractivity contribution in [1.29, 1.82) is 0 Å². The van der Waals surface area contributed by atoms with E-state index in [1.165, 1.54) is 63.8 Å².